The number of nitrogens with one attached hydrogen (secondary N) is 1. The van der Waals surface area contributed by atoms with Crippen LogP contribution >= 0.6 is 0 Å². The van der Waals surface area contributed by atoms with Gasteiger partial charge in [0.25, 0.3) is 0 Å². The molecule has 1 N–H and O–H groups in total. The second-order valence-corrected chi connectivity index (χ2v) is 11.6. The molecule has 2 aromatic rings. The molecule has 1 unspecified atom stereocenters. The van der Waals surface area contributed by atoms with Gasteiger partial charge in [-0.25, -0.2) is 0 Å². The molecule has 0 saturated heterocycles. The van der Waals surface area contributed by atoms with Crippen LogP contribution in [0.2, 0.25) is 0 Å². The Morgan fingerprint density at radius 2 is 1.63 bits per heavy atom. The minimum Gasteiger partial charge on any atom is -1.00 e. The van der Waals surface area contributed by atoms with Gasteiger partial charge in [0, 0.05) is 0 Å². The number of benzene rings is 1. The van der Waals surface area contributed by atoms with Crippen LogP contribution in [0.3, 0.4) is 0 Å². The van der Waals surface area contributed by atoms with Gasteiger partial charge in [0.15, 0.2) is 0 Å². The number of H-pyrrole nitrogens is 1. The van der Waals surface area contributed by atoms with E-state index >= 15 is 0 Å². The predicted molar refractivity (Wildman–Crippen MR) is 103 cm³/mol. The molecule has 1 saturated carbocycles. The van der Waals surface area contributed by atoms with Crippen molar-refractivity contribution < 1.29 is 44.0 Å². The number of aromatic nitrogens is 1. The number of aromatic amines is 1. The first-order chi connectivity index (χ1) is 11.7. The van der Waals surface area contributed by atoms with E-state index in [-0.39, 0.29) is 54.8 Å². The molecule has 0 aliphatic heterocycles. The van der Waals surface area contributed by atoms with Crippen LogP contribution in [0.25, 0.3) is 3.88 Å². The summed E-state index contributed by atoms with van der Waals surface area (Å²) in [4.78, 5) is 3.73. The van der Waals surface area contributed by atoms with E-state index in [4.69, 9.17) is 0 Å². The van der Waals surface area contributed by atoms with E-state index in [1.54, 1.807) is 30.1 Å². The van der Waals surface area contributed by atoms with Gasteiger partial charge < -0.3 is 24.8 Å². The first-order valence-electron chi connectivity index (χ1n) is 9.49. The van der Waals surface area contributed by atoms with Crippen LogP contribution in [0.4, 0.5) is 0 Å². The van der Waals surface area contributed by atoms with Crippen LogP contribution in [-0.2, 0) is 30.0 Å². The minimum absolute atomic E-state index is 0. The molecular formula is C23H29Cl2NTi. The molecule has 1 aromatic carbocycles. The van der Waals surface area contributed by atoms with Gasteiger partial charge in [-0.2, -0.15) is 0 Å². The number of halogens is 2. The molecule has 27 heavy (non-hydrogen) atoms. The quantitative estimate of drug-likeness (QED) is 0.617. The van der Waals surface area contributed by atoms with Crippen molar-refractivity contribution in [2.75, 3.05) is 0 Å². The molecule has 1 fully saturated rings. The Kier molecular flexibility index (Phi) is 6.55. The Labute approximate surface area is 185 Å². The minimum atomic E-state index is -0.339. The van der Waals surface area contributed by atoms with E-state index in [9.17, 15) is 0 Å². The van der Waals surface area contributed by atoms with Gasteiger partial charge in [-0.3, -0.25) is 0 Å². The molecule has 1 aromatic heterocycles. The zero-order chi connectivity index (χ0) is 18.0. The van der Waals surface area contributed by atoms with E-state index in [0.29, 0.717) is 0 Å². The van der Waals surface area contributed by atoms with Crippen molar-refractivity contribution in [1.29, 1.82) is 0 Å². The average molecular weight is 438 g/mol. The largest absolute Gasteiger partial charge is 1.00 e. The Morgan fingerprint density at radius 3 is 2.19 bits per heavy atom. The number of fused-ring (bicyclic) bond motifs is 3. The Hall–Kier alpha value is -0.466. The third kappa shape index (κ3) is 3.86. The van der Waals surface area contributed by atoms with Crippen LogP contribution < -0.4 is 28.8 Å². The smallest absolute Gasteiger partial charge is 1.00 e. The van der Waals surface area contributed by atoms with E-state index in [1.165, 1.54) is 18.4 Å². The topological polar surface area (TPSA) is 15.8 Å². The molecule has 0 amide bonds. The Morgan fingerprint density at radius 1 is 0.963 bits per heavy atom. The van der Waals surface area contributed by atoms with Crippen molar-refractivity contribution in [3.8, 4) is 0 Å². The summed E-state index contributed by atoms with van der Waals surface area (Å²) < 4.78 is 3.27. The van der Waals surface area contributed by atoms with Crippen LogP contribution in [0.15, 0.2) is 36.0 Å². The van der Waals surface area contributed by atoms with Crippen LogP contribution in [0.1, 0.15) is 82.6 Å². The normalized spacial score (nSPS) is 17.9. The van der Waals surface area contributed by atoms with Crippen molar-refractivity contribution in [1.82, 2.24) is 4.98 Å². The maximum Gasteiger partial charge on any atom is -1.00 e. The summed E-state index contributed by atoms with van der Waals surface area (Å²) in [6.45, 7) is 14.1. The van der Waals surface area contributed by atoms with Crippen molar-refractivity contribution in [2.45, 2.75) is 71.1 Å². The summed E-state index contributed by atoms with van der Waals surface area (Å²) in [5, 5.41) is 0. The van der Waals surface area contributed by atoms with E-state index < -0.39 is 0 Å². The number of hydrogen-bond acceptors (Lipinski definition) is 0. The number of rotatable bonds is 2. The zero-order valence-electron chi connectivity index (χ0n) is 17.1. The molecule has 1 nitrogen and oxygen atoms in total. The Bertz CT molecular complexity index is 865. The fourth-order valence-electron chi connectivity index (χ4n) is 4.44. The second-order valence-electron chi connectivity index (χ2n) is 9.66. The fraction of sp³-hybridized carbons (Fsp3) is 0.478. The van der Waals surface area contributed by atoms with Crippen LogP contribution in [0, 0.1) is 0 Å². The van der Waals surface area contributed by atoms with Gasteiger partial charge in [-0.15, -0.1) is 0 Å². The molecule has 0 bridgehead atoms. The van der Waals surface area contributed by atoms with Crippen LogP contribution in [0.5, 0.6) is 0 Å². The summed E-state index contributed by atoms with van der Waals surface area (Å²) in [5.41, 5.74) is 8.37. The van der Waals surface area contributed by atoms with Gasteiger partial charge >= 0.3 is 161 Å². The SMILES string of the molecule is CC(C)(C)c1c[nH][c]([Ti+2][C]2=C3CCC3c3ccccc32)c1C(C)(C)C.[Cl-].[Cl-]. The number of allylic oxidation sites excluding steroid dienone is 1. The molecule has 4 rings (SSSR count). The van der Waals surface area contributed by atoms with E-state index in [2.05, 4.69) is 77.0 Å². The average Bonchev–Trinajstić information content (AvgIpc) is 2.97. The predicted octanol–water partition coefficient (Wildman–Crippen LogP) is -0.372. The fourth-order valence-corrected chi connectivity index (χ4v) is 7.33. The van der Waals surface area contributed by atoms with Gasteiger partial charge in [-0.1, -0.05) is 0 Å². The molecule has 2 aliphatic rings. The van der Waals surface area contributed by atoms with Gasteiger partial charge in [0.1, 0.15) is 0 Å². The molecule has 0 spiro atoms. The van der Waals surface area contributed by atoms with Gasteiger partial charge in [-0.05, 0) is 0 Å². The van der Waals surface area contributed by atoms with Crippen molar-refractivity contribution in [3.63, 3.8) is 0 Å². The first-order valence-corrected chi connectivity index (χ1v) is 11.1. The first kappa shape index (κ1) is 22.8. The number of hydrogen-bond donors (Lipinski definition) is 1. The molecule has 2 aliphatic carbocycles. The standard InChI is InChI=1S/C12H20N.C11H9.2ClH.Ti/c1-11(2,3)9-7-13-8-10(9)12(4,5)6;1-2-4-10-8(3-1)7-9-5-6-11(9)10;;;/h7,13H,1-6H3;1-4,11H,5-6H2;2*1H;/q;;;;+2/p-2. The third-order valence-corrected chi connectivity index (χ3v) is 8.06. The molecule has 1 heterocycles. The summed E-state index contributed by atoms with van der Waals surface area (Å²) in [6, 6.07) is 9.16. The third-order valence-electron chi connectivity index (χ3n) is 5.74. The molecular weight excluding hydrogens is 409 g/mol. The van der Waals surface area contributed by atoms with Crippen molar-refractivity contribution in [3.05, 3.63) is 58.3 Å². The summed E-state index contributed by atoms with van der Waals surface area (Å²) in [7, 11) is 0. The summed E-state index contributed by atoms with van der Waals surface area (Å²) in [6.07, 6.45) is 4.96. The maximum atomic E-state index is 3.73. The molecule has 0 radical (unpaired) electrons. The van der Waals surface area contributed by atoms with Gasteiger partial charge in [0.2, 0.25) is 0 Å². The molecule has 1 atom stereocenters. The second kappa shape index (κ2) is 7.75. The zero-order valence-corrected chi connectivity index (χ0v) is 20.2. The maximum absolute atomic E-state index is 3.73. The van der Waals surface area contributed by atoms with Crippen molar-refractivity contribution in [2.24, 2.45) is 0 Å². The summed E-state index contributed by atoms with van der Waals surface area (Å²) >= 11 is -0.339. The van der Waals surface area contributed by atoms with Crippen LogP contribution in [-0.4, -0.2) is 4.98 Å². The van der Waals surface area contributed by atoms with Crippen molar-refractivity contribution >= 4 is 7.88 Å². The molecule has 144 valence electrons. The van der Waals surface area contributed by atoms with E-state index in [1.807, 2.05) is 0 Å². The Balaban J connectivity index is 0.00000131. The summed E-state index contributed by atoms with van der Waals surface area (Å²) in [5.74, 6) is 0.741. The molecule has 4 heteroatoms. The monoisotopic (exact) mass is 437 g/mol. The van der Waals surface area contributed by atoms with E-state index in [0.717, 1.165) is 5.92 Å². The van der Waals surface area contributed by atoms with Gasteiger partial charge in [0.05, 0.1) is 0 Å².